The number of hydrogen-bond acceptors (Lipinski definition) is 6. The number of nitrogens with one attached hydrogen (secondary N) is 1. The summed E-state index contributed by atoms with van der Waals surface area (Å²) < 4.78 is 0. The summed E-state index contributed by atoms with van der Waals surface area (Å²) in [7, 11) is 0. The Morgan fingerprint density at radius 2 is 2.04 bits per heavy atom. The van der Waals surface area contributed by atoms with Crippen LogP contribution in [0.1, 0.15) is 31.0 Å². The number of aromatic nitrogens is 1. The van der Waals surface area contributed by atoms with Gasteiger partial charge in [0.05, 0.1) is 17.8 Å². The van der Waals surface area contributed by atoms with Gasteiger partial charge in [-0.25, -0.2) is 4.98 Å². The molecule has 0 bridgehead atoms. The van der Waals surface area contributed by atoms with Crippen molar-refractivity contribution in [2.75, 3.05) is 25.0 Å². The normalized spacial score (nSPS) is 17.6. The molecule has 128 valence electrons. The lowest BCUT2D eigenvalue weighted by molar-refractivity contribution is -0.115. The molecule has 2 heterocycles. The molecule has 0 saturated carbocycles. The van der Waals surface area contributed by atoms with Crippen molar-refractivity contribution < 1.29 is 9.90 Å². The first-order valence-electron chi connectivity index (χ1n) is 8.23. The maximum atomic E-state index is 11.0. The van der Waals surface area contributed by atoms with Gasteiger partial charge in [0.15, 0.2) is 5.13 Å². The smallest absolute Gasteiger partial charge is 0.183 e. The number of Topliss-reactive ketones (excluding diaryl/α,β-unsaturated/α-hetero) is 1. The molecule has 0 atom stereocenters. The molecule has 3 rings (SSSR count). The molecule has 1 saturated heterocycles. The van der Waals surface area contributed by atoms with Crippen LogP contribution in [0, 0.1) is 0 Å². The topological polar surface area (TPSA) is 65.5 Å². The van der Waals surface area contributed by atoms with Crippen molar-refractivity contribution in [3.8, 4) is 0 Å². The Kier molecular flexibility index (Phi) is 5.28. The van der Waals surface area contributed by atoms with Gasteiger partial charge in [-0.3, -0.25) is 9.69 Å². The SMILES string of the molecule is CC(=O)CNc1nc(CN2CCC(O)(c3ccccc3)CC2)cs1. The quantitative estimate of drug-likeness (QED) is 0.842. The van der Waals surface area contributed by atoms with Crippen molar-refractivity contribution in [2.24, 2.45) is 0 Å². The first-order valence-corrected chi connectivity index (χ1v) is 9.11. The molecule has 24 heavy (non-hydrogen) atoms. The molecule has 2 N–H and O–H groups in total. The lowest BCUT2D eigenvalue weighted by Gasteiger charge is -2.38. The van der Waals surface area contributed by atoms with E-state index in [1.54, 1.807) is 6.92 Å². The van der Waals surface area contributed by atoms with Crippen molar-refractivity contribution in [1.29, 1.82) is 0 Å². The molecule has 6 heteroatoms. The number of likely N-dealkylation sites (tertiary alicyclic amines) is 1. The minimum absolute atomic E-state index is 0.1000. The maximum Gasteiger partial charge on any atom is 0.183 e. The van der Waals surface area contributed by atoms with Crippen LogP contribution in [0.25, 0.3) is 0 Å². The Balaban J connectivity index is 1.53. The highest BCUT2D eigenvalue weighted by Crippen LogP contribution is 2.33. The number of nitrogens with zero attached hydrogens (tertiary/aromatic N) is 2. The van der Waals surface area contributed by atoms with Crippen molar-refractivity contribution in [2.45, 2.75) is 31.9 Å². The van der Waals surface area contributed by atoms with Gasteiger partial charge in [0.1, 0.15) is 5.78 Å². The number of anilines is 1. The third kappa shape index (κ3) is 4.20. The fraction of sp³-hybridized carbons (Fsp3) is 0.444. The van der Waals surface area contributed by atoms with Crippen molar-refractivity contribution in [3.63, 3.8) is 0 Å². The van der Waals surface area contributed by atoms with E-state index in [4.69, 9.17) is 0 Å². The summed E-state index contributed by atoms with van der Waals surface area (Å²) in [6.07, 6.45) is 1.47. The summed E-state index contributed by atoms with van der Waals surface area (Å²) in [6.45, 7) is 4.35. The van der Waals surface area contributed by atoms with E-state index < -0.39 is 5.60 Å². The van der Waals surface area contributed by atoms with Crippen LogP contribution in [0.15, 0.2) is 35.7 Å². The fourth-order valence-corrected chi connectivity index (χ4v) is 3.71. The zero-order valence-electron chi connectivity index (χ0n) is 13.9. The zero-order valence-corrected chi connectivity index (χ0v) is 14.7. The first kappa shape index (κ1) is 17.1. The molecule has 0 aliphatic carbocycles. The molecule has 0 radical (unpaired) electrons. The van der Waals surface area contributed by atoms with Gasteiger partial charge >= 0.3 is 0 Å². The number of rotatable bonds is 6. The highest BCUT2D eigenvalue weighted by Gasteiger charge is 2.33. The minimum Gasteiger partial charge on any atom is -0.385 e. The molecule has 0 unspecified atom stereocenters. The van der Waals surface area contributed by atoms with Crippen LogP contribution < -0.4 is 5.32 Å². The molecular weight excluding hydrogens is 322 g/mol. The predicted molar refractivity (Wildman–Crippen MR) is 96.1 cm³/mol. The number of aliphatic hydroxyl groups is 1. The van der Waals surface area contributed by atoms with Crippen LogP contribution in [0.5, 0.6) is 0 Å². The lowest BCUT2D eigenvalue weighted by Crippen LogP contribution is -2.42. The second kappa shape index (κ2) is 7.42. The molecule has 1 aliphatic heterocycles. The van der Waals surface area contributed by atoms with E-state index >= 15 is 0 Å². The van der Waals surface area contributed by atoms with E-state index in [0.717, 1.165) is 48.9 Å². The number of hydrogen-bond donors (Lipinski definition) is 2. The number of carbonyl (C=O) groups excluding carboxylic acids is 1. The van der Waals surface area contributed by atoms with Gasteiger partial charge in [0.2, 0.25) is 0 Å². The largest absolute Gasteiger partial charge is 0.385 e. The van der Waals surface area contributed by atoms with Gasteiger partial charge in [-0.1, -0.05) is 30.3 Å². The van der Waals surface area contributed by atoms with Crippen molar-refractivity contribution >= 4 is 22.3 Å². The second-order valence-electron chi connectivity index (χ2n) is 6.37. The van der Waals surface area contributed by atoms with E-state index in [1.165, 1.54) is 11.3 Å². The Labute approximate surface area is 146 Å². The van der Waals surface area contributed by atoms with Crippen LogP contribution >= 0.6 is 11.3 Å². The van der Waals surface area contributed by atoms with Crippen LogP contribution in [0.2, 0.25) is 0 Å². The number of ketones is 1. The molecule has 5 nitrogen and oxygen atoms in total. The zero-order chi connectivity index (χ0) is 17.0. The van der Waals surface area contributed by atoms with Crippen LogP contribution in [0.3, 0.4) is 0 Å². The van der Waals surface area contributed by atoms with Crippen molar-refractivity contribution in [3.05, 3.63) is 47.0 Å². The maximum absolute atomic E-state index is 11.0. The molecule has 0 spiro atoms. The summed E-state index contributed by atoms with van der Waals surface area (Å²) in [5.74, 6) is 0.1000. The van der Waals surface area contributed by atoms with E-state index in [0.29, 0.717) is 6.54 Å². The molecule has 1 aromatic carbocycles. The Hall–Kier alpha value is -1.76. The van der Waals surface area contributed by atoms with Gasteiger partial charge in [0, 0.05) is 25.0 Å². The Morgan fingerprint density at radius 1 is 1.33 bits per heavy atom. The Bertz CT molecular complexity index is 679. The molecule has 1 aromatic heterocycles. The van der Waals surface area contributed by atoms with Gasteiger partial charge in [-0.05, 0) is 25.3 Å². The van der Waals surface area contributed by atoms with E-state index in [-0.39, 0.29) is 5.78 Å². The average Bonchev–Trinajstić information content (AvgIpc) is 3.04. The standard InChI is InChI=1S/C18H23N3O2S/c1-14(22)11-19-17-20-16(13-24-17)12-21-9-7-18(23,8-10-21)15-5-3-2-4-6-15/h2-6,13,23H,7-12H2,1H3,(H,19,20). The van der Waals surface area contributed by atoms with Crippen molar-refractivity contribution in [1.82, 2.24) is 9.88 Å². The summed E-state index contributed by atoms with van der Waals surface area (Å²) in [5, 5.41) is 16.7. The van der Waals surface area contributed by atoms with Crippen LogP contribution in [-0.4, -0.2) is 40.4 Å². The van der Waals surface area contributed by atoms with E-state index in [2.05, 4.69) is 15.2 Å². The average molecular weight is 345 g/mol. The molecule has 0 amide bonds. The third-order valence-corrected chi connectivity index (χ3v) is 5.27. The monoisotopic (exact) mass is 345 g/mol. The predicted octanol–water partition coefficient (Wildman–Crippen LogP) is 2.63. The summed E-state index contributed by atoms with van der Waals surface area (Å²) in [5.41, 5.74) is 1.30. The molecular formula is C18H23N3O2S. The summed E-state index contributed by atoms with van der Waals surface area (Å²) >= 11 is 1.53. The molecule has 2 aromatic rings. The number of benzene rings is 1. The van der Waals surface area contributed by atoms with Gasteiger partial charge in [-0.2, -0.15) is 0 Å². The summed E-state index contributed by atoms with van der Waals surface area (Å²) in [4.78, 5) is 17.8. The van der Waals surface area contributed by atoms with Gasteiger partial charge in [-0.15, -0.1) is 11.3 Å². The Morgan fingerprint density at radius 3 is 2.71 bits per heavy atom. The highest BCUT2D eigenvalue weighted by molar-refractivity contribution is 7.13. The van der Waals surface area contributed by atoms with E-state index in [9.17, 15) is 9.90 Å². The van der Waals surface area contributed by atoms with E-state index in [1.807, 2.05) is 35.7 Å². The van der Waals surface area contributed by atoms with Crippen LogP contribution in [0.4, 0.5) is 5.13 Å². The number of thiazole rings is 1. The fourth-order valence-electron chi connectivity index (χ4n) is 3.01. The minimum atomic E-state index is -0.714. The summed E-state index contributed by atoms with van der Waals surface area (Å²) in [6, 6.07) is 9.93. The van der Waals surface area contributed by atoms with Gasteiger partial charge in [0.25, 0.3) is 0 Å². The molecule has 1 fully saturated rings. The van der Waals surface area contributed by atoms with Crippen LogP contribution in [-0.2, 0) is 16.9 Å². The highest BCUT2D eigenvalue weighted by atomic mass is 32.1. The van der Waals surface area contributed by atoms with Gasteiger partial charge < -0.3 is 10.4 Å². The molecule has 1 aliphatic rings. The number of carbonyl (C=O) groups is 1. The first-order chi connectivity index (χ1) is 11.5. The number of piperidine rings is 1. The second-order valence-corrected chi connectivity index (χ2v) is 7.23. The third-order valence-electron chi connectivity index (χ3n) is 4.42. The lowest BCUT2D eigenvalue weighted by atomic mass is 9.84.